The largest absolute Gasteiger partial charge is 0.454 e. The van der Waals surface area contributed by atoms with Crippen LogP contribution in [0.5, 0.6) is 11.5 Å². The third-order valence-corrected chi connectivity index (χ3v) is 7.90. The number of carbonyl (C=O) groups excluding carboxylic acids is 1. The van der Waals surface area contributed by atoms with Crippen LogP contribution < -0.4 is 14.8 Å². The molecule has 2 aromatic heterocycles. The van der Waals surface area contributed by atoms with E-state index in [0.717, 1.165) is 69.5 Å². The zero-order valence-corrected chi connectivity index (χ0v) is 20.3. The average molecular weight is 487 g/mol. The maximum absolute atomic E-state index is 13.0. The van der Waals surface area contributed by atoms with Gasteiger partial charge in [-0.15, -0.1) is 10.2 Å². The van der Waals surface area contributed by atoms with Gasteiger partial charge in [0, 0.05) is 36.6 Å². The van der Waals surface area contributed by atoms with Crippen molar-refractivity contribution in [1.29, 1.82) is 0 Å². The van der Waals surface area contributed by atoms with E-state index in [0.29, 0.717) is 12.3 Å². The molecule has 1 N–H and O–H groups in total. The van der Waals surface area contributed by atoms with Gasteiger partial charge in [-0.3, -0.25) is 4.79 Å². The summed E-state index contributed by atoms with van der Waals surface area (Å²) in [4.78, 5) is 13.0. The van der Waals surface area contributed by atoms with Gasteiger partial charge in [0.1, 0.15) is 0 Å². The van der Waals surface area contributed by atoms with Gasteiger partial charge < -0.3 is 24.1 Å². The van der Waals surface area contributed by atoms with Gasteiger partial charge in [0.2, 0.25) is 11.9 Å². The highest BCUT2D eigenvalue weighted by molar-refractivity contribution is 8.01. The molecule has 3 aromatic rings. The van der Waals surface area contributed by atoms with E-state index < -0.39 is 0 Å². The Bertz CT molecular complexity index is 1150. The smallest absolute Gasteiger partial charge is 0.231 e. The first-order valence-corrected chi connectivity index (χ1v) is 12.8. The molecule has 0 radical (unpaired) electrons. The lowest BCUT2D eigenvalue weighted by atomic mass is 10.1. The number of nitrogens with zero attached hydrogens (tertiary/aromatic N) is 3. The van der Waals surface area contributed by atoms with Gasteiger partial charge in [-0.1, -0.05) is 29.2 Å². The number of aryl methyl sites for hydroxylation is 1. The summed E-state index contributed by atoms with van der Waals surface area (Å²) in [6.07, 6.45) is 2.44. The number of anilines is 1. The van der Waals surface area contributed by atoms with Crippen LogP contribution in [-0.4, -0.2) is 52.3 Å². The number of nitrogens with one attached hydrogen (secondary N) is 1. The lowest BCUT2D eigenvalue weighted by Crippen LogP contribution is -2.18. The minimum atomic E-state index is 0.0918. The van der Waals surface area contributed by atoms with Gasteiger partial charge in [0.05, 0.1) is 11.9 Å². The second-order valence-electron chi connectivity index (χ2n) is 8.16. The Kier molecular flexibility index (Phi) is 6.57. The Balaban J connectivity index is 1.19. The Morgan fingerprint density at radius 3 is 2.97 bits per heavy atom. The molecule has 8 nitrogen and oxygen atoms in total. The van der Waals surface area contributed by atoms with Crippen molar-refractivity contribution in [3.8, 4) is 11.5 Å². The predicted octanol–water partition coefficient (Wildman–Crippen LogP) is 4.30. The van der Waals surface area contributed by atoms with Crippen molar-refractivity contribution < 1.29 is 19.0 Å². The number of fused-ring (bicyclic) bond motifs is 1. The molecule has 0 aliphatic carbocycles. The molecule has 2 aliphatic heterocycles. The molecule has 0 bridgehead atoms. The van der Waals surface area contributed by atoms with Crippen LogP contribution in [0.3, 0.4) is 0 Å². The summed E-state index contributed by atoms with van der Waals surface area (Å²) in [6, 6.07) is 7.93. The van der Waals surface area contributed by atoms with Crippen LogP contribution in [0.1, 0.15) is 40.2 Å². The lowest BCUT2D eigenvalue weighted by molar-refractivity contribution is 0.102. The van der Waals surface area contributed by atoms with Crippen molar-refractivity contribution in [3.63, 3.8) is 0 Å². The molecule has 174 valence electrons. The van der Waals surface area contributed by atoms with E-state index in [4.69, 9.17) is 14.2 Å². The summed E-state index contributed by atoms with van der Waals surface area (Å²) in [6.45, 7) is 6.54. The number of hydrogen-bond donors (Lipinski definition) is 1. The number of carbonyl (C=O) groups is 1. The van der Waals surface area contributed by atoms with Gasteiger partial charge in [-0.05, 0) is 50.5 Å². The highest BCUT2D eigenvalue weighted by Crippen LogP contribution is 2.33. The first-order valence-electron chi connectivity index (χ1n) is 11.0. The van der Waals surface area contributed by atoms with Gasteiger partial charge in [-0.25, -0.2) is 0 Å². The molecule has 1 aromatic carbocycles. The third kappa shape index (κ3) is 5.02. The van der Waals surface area contributed by atoms with E-state index >= 15 is 0 Å². The number of aromatic nitrogens is 3. The number of ketones is 1. The second-order valence-corrected chi connectivity index (χ2v) is 10.4. The molecular formula is C23H26N4O4S2. The Morgan fingerprint density at radius 1 is 1.24 bits per heavy atom. The van der Waals surface area contributed by atoms with Crippen molar-refractivity contribution in [1.82, 2.24) is 14.8 Å². The molecule has 0 saturated carbocycles. The van der Waals surface area contributed by atoms with Crippen LogP contribution >= 0.6 is 23.1 Å². The van der Waals surface area contributed by atoms with Gasteiger partial charge in [0.15, 0.2) is 21.6 Å². The average Bonchev–Trinajstić information content (AvgIpc) is 3.61. The quantitative estimate of drug-likeness (QED) is 0.354. The van der Waals surface area contributed by atoms with Crippen LogP contribution in [0, 0.1) is 13.8 Å². The Morgan fingerprint density at radius 2 is 2.12 bits per heavy atom. The number of Topliss-reactive ketones (excluding diaryl/α,β-unsaturated/α-hetero) is 1. The maximum Gasteiger partial charge on any atom is 0.231 e. The summed E-state index contributed by atoms with van der Waals surface area (Å²) in [7, 11) is 0. The molecule has 0 unspecified atom stereocenters. The molecule has 1 atom stereocenters. The zero-order valence-electron chi connectivity index (χ0n) is 18.6. The Labute approximate surface area is 200 Å². The first kappa shape index (κ1) is 22.2. The number of hydrogen-bond acceptors (Lipinski definition) is 9. The third-order valence-electron chi connectivity index (χ3n) is 5.89. The number of ether oxygens (including phenoxy) is 3. The van der Waals surface area contributed by atoms with Crippen LogP contribution in [0.4, 0.5) is 5.13 Å². The fourth-order valence-corrected chi connectivity index (χ4v) is 5.74. The van der Waals surface area contributed by atoms with E-state index in [9.17, 15) is 4.79 Å². The highest BCUT2D eigenvalue weighted by atomic mass is 32.2. The standard InChI is InChI=1S/C23H26N4O4S2/c1-14-8-18(15(2)27(14)11-16-5-6-20-21(9-16)31-13-30-20)19(28)12-32-23-26-25-22(33-23)24-10-17-4-3-7-29-17/h5-6,8-9,17H,3-4,7,10-13H2,1-2H3,(H,24,25)/t17-/m0/s1. The van der Waals surface area contributed by atoms with E-state index in [1.807, 2.05) is 38.1 Å². The van der Waals surface area contributed by atoms with Crippen molar-refractivity contribution in [2.75, 3.05) is 31.0 Å². The molecule has 4 heterocycles. The number of benzene rings is 1. The minimum absolute atomic E-state index is 0.0918. The summed E-state index contributed by atoms with van der Waals surface area (Å²) in [5, 5.41) is 12.4. The van der Waals surface area contributed by atoms with Crippen molar-refractivity contribution in [3.05, 3.63) is 46.8 Å². The van der Waals surface area contributed by atoms with E-state index in [-0.39, 0.29) is 18.7 Å². The van der Waals surface area contributed by atoms with Crippen molar-refractivity contribution in [2.24, 2.45) is 0 Å². The summed E-state index contributed by atoms with van der Waals surface area (Å²) in [5.41, 5.74) is 3.87. The van der Waals surface area contributed by atoms with Gasteiger partial charge in [0.25, 0.3) is 0 Å². The Hall–Kier alpha value is -2.56. The van der Waals surface area contributed by atoms with Crippen LogP contribution in [0.25, 0.3) is 0 Å². The molecule has 1 saturated heterocycles. The predicted molar refractivity (Wildman–Crippen MR) is 128 cm³/mol. The molecule has 0 amide bonds. The monoisotopic (exact) mass is 486 g/mol. The molecule has 0 spiro atoms. The molecule has 33 heavy (non-hydrogen) atoms. The molecule has 10 heteroatoms. The summed E-state index contributed by atoms with van der Waals surface area (Å²) in [5.74, 6) is 1.96. The van der Waals surface area contributed by atoms with Crippen molar-refractivity contribution in [2.45, 2.75) is 43.7 Å². The fraction of sp³-hybridized carbons (Fsp3) is 0.435. The molecule has 5 rings (SSSR count). The SMILES string of the molecule is Cc1cc(C(=O)CSc2nnc(NC[C@@H]3CCCO3)s2)c(C)n1Cc1ccc2c(c1)OCO2. The summed E-state index contributed by atoms with van der Waals surface area (Å²) >= 11 is 2.90. The lowest BCUT2D eigenvalue weighted by Gasteiger charge is -2.10. The minimum Gasteiger partial charge on any atom is -0.454 e. The molecule has 1 fully saturated rings. The van der Waals surface area contributed by atoms with E-state index in [2.05, 4.69) is 20.1 Å². The highest BCUT2D eigenvalue weighted by Gasteiger charge is 2.19. The van der Waals surface area contributed by atoms with E-state index in [1.54, 1.807) is 0 Å². The van der Waals surface area contributed by atoms with Crippen LogP contribution in [0.15, 0.2) is 28.6 Å². The fourth-order valence-electron chi connectivity index (χ4n) is 4.10. The molecular weight excluding hydrogens is 460 g/mol. The molecule has 2 aliphatic rings. The van der Waals surface area contributed by atoms with E-state index in [1.165, 1.54) is 23.1 Å². The van der Waals surface area contributed by atoms with Crippen LogP contribution in [-0.2, 0) is 11.3 Å². The summed E-state index contributed by atoms with van der Waals surface area (Å²) < 4.78 is 19.4. The van der Waals surface area contributed by atoms with Crippen LogP contribution in [0.2, 0.25) is 0 Å². The maximum atomic E-state index is 13.0. The first-order chi connectivity index (χ1) is 16.1. The van der Waals surface area contributed by atoms with Crippen molar-refractivity contribution >= 4 is 34.0 Å². The zero-order chi connectivity index (χ0) is 22.8. The normalized spacial score (nSPS) is 17.0. The van der Waals surface area contributed by atoms with Gasteiger partial charge in [-0.2, -0.15) is 0 Å². The van der Waals surface area contributed by atoms with Gasteiger partial charge >= 0.3 is 0 Å². The topological polar surface area (TPSA) is 87.5 Å². The number of thioether (sulfide) groups is 1. The number of rotatable bonds is 9. The second kappa shape index (κ2) is 9.74.